The van der Waals surface area contributed by atoms with Crippen LogP contribution in [0.5, 0.6) is 5.88 Å². The maximum atomic E-state index is 11.7. The van der Waals surface area contributed by atoms with Gasteiger partial charge in [0.2, 0.25) is 5.88 Å². The molecule has 1 atom stereocenters. The average Bonchev–Trinajstić information content (AvgIpc) is 2.15. The molecule has 1 rings (SSSR count). The molecule has 1 aromatic heterocycles. The van der Waals surface area contributed by atoms with Crippen LogP contribution in [-0.2, 0) is 6.42 Å². The molecule has 0 aliphatic heterocycles. The van der Waals surface area contributed by atoms with Gasteiger partial charge in [-0.05, 0) is 25.7 Å². The molecule has 0 bridgehead atoms. The number of hydrogen-bond acceptors (Lipinski definition) is 3. The van der Waals surface area contributed by atoms with Gasteiger partial charge in [-0.3, -0.25) is 14.3 Å². The van der Waals surface area contributed by atoms with Crippen molar-refractivity contribution < 1.29 is 5.11 Å². The fourth-order valence-electron chi connectivity index (χ4n) is 2.09. The van der Waals surface area contributed by atoms with Crippen molar-refractivity contribution in [2.24, 2.45) is 5.92 Å². The first-order chi connectivity index (χ1) is 7.88. The molecule has 1 unspecified atom stereocenters. The fourth-order valence-corrected chi connectivity index (χ4v) is 2.09. The van der Waals surface area contributed by atoms with Gasteiger partial charge in [0, 0.05) is 6.04 Å². The van der Waals surface area contributed by atoms with Gasteiger partial charge in [-0.2, -0.15) is 0 Å². The van der Waals surface area contributed by atoms with Crippen LogP contribution in [0.3, 0.4) is 0 Å². The molecule has 0 amide bonds. The number of aromatic amines is 1. The van der Waals surface area contributed by atoms with E-state index >= 15 is 0 Å². The Kier molecular flexibility index (Phi) is 4.15. The van der Waals surface area contributed by atoms with Gasteiger partial charge in [-0.25, -0.2) is 4.79 Å². The Morgan fingerprint density at radius 2 is 1.88 bits per heavy atom. The van der Waals surface area contributed by atoms with Crippen LogP contribution in [0.4, 0.5) is 0 Å². The van der Waals surface area contributed by atoms with E-state index in [9.17, 15) is 14.7 Å². The minimum absolute atomic E-state index is 0.135. The second kappa shape index (κ2) is 5.21. The lowest BCUT2D eigenvalue weighted by Crippen LogP contribution is -2.34. The third kappa shape index (κ3) is 2.78. The molecule has 1 heterocycles. The first-order valence-corrected chi connectivity index (χ1v) is 5.95. The molecule has 1 aromatic rings. The summed E-state index contributed by atoms with van der Waals surface area (Å²) in [5.74, 6) is 0.211. The number of H-pyrrole nitrogens is 1. The Bertz CT molecular complexity index is 499. The summed E-state index contributed by atoms with van der Waals surface area (Å²) in [6.45, 7) is 7.72. The van der Waals surface area contributed by atoms with Crippen LogP contribution in [0.1, 0.15) is 45.7 Å². The molecule has 17 heavy (non-hydrogen) atoms. The minimum atomic E-state index is -0.544. The van der Waals surface area contributed by atoms with Gasteiger partial charge in [0.05, 0.1) is 5.56 Å². The lowest BCUT2D eigenvalue weighted by atomic mass is 10.0. The normalized spacial score (nSPS) is 13.0. The van der Waals surface area contributed by atoms with Gasteiger partial charge in [0.15, 0.2) is 0 Å². The van der Waals surface area contributed by atoms with Crippen molar-refractivity contribution in [1.82, 2.24) is 9.55 Å². The monoisotopic (exact) mass is 240 g/mol. The summed E-state index contributed by atoms with van der Waals surface area (Å²) in [5.41, 5.74) is -0.777. The number of nitrogens with zero attached hydrogens (tertiary/aromatic N) is 1. The maximum Gasteiger partial charge on any atom is 0.331 e. The molecule has 0 spiro atoms. The summed E-state index contributed by atoms with van der Waals surface area (Å²) in [7, 11) is 0. The van der Waals surface area contributed by atoms with E-state index < -0.39 is 11.2 Å². The van der Waals surface area contributed by atoms with Crippen LogP contribution in [-0.4, -0.2) is 14.7 Å². The predicted octanol–water partition coefficient (Wildman–Crippen LogP) is 1.41. The van der Waals surface area contributed by atoms with Gasteiger partial charge in [0.25, 0.3) is 5.56 Å². The van der Waals surface area contributed by atoms with Crippen molar-refractivity contribution in [2.45, 2.75) is 46.6 Å². The molecule has 0 aromatic carbocycles. The van der Waals surface area contributed by atoms with Crippen LogP contribution >= 0.6 is 0 Å². The molecular weight excluding hydrogens is 220 g/mol. The van der Waals surface area contributed by atoms with Crippen LogP contribution in [0.2, 0.25) is 0 Å². The molecule has 0 aliphatic rings. The second-order valence-electron chi connectivity index (χ2n) is 4.76. The number of nitrogens with one attached hydrogen (secondary N) is 1. The number of rotatable bonds is 4. The van der Waals surface area contributed by atoms with Crippen LogP contribution in [0.25, 0.3) is 0 Å². The first kappa shape index (κ1) is 13.5. The predicted molar refractivity (Wildman–Crippen MR) is 66.5 cm³/mol. The molecule has 0 aliphatic carbocycles. The maximum absolute atomic E-state index is 11.7. The van der Waals surface area contributed by atoms with E-state index in [1.54, 1.807) is 6.92 Å². The van der Waals surface area contributed by atoms with E-state index in [-0.39, 0.29) is 17.5 Å². The van der Waals surface area contributed by atoms with Crippen molar-refractivity contribution in [3.63, 3.8) is 0 Å². The second-order valence-corrected chi connectivity index (χ2v) is 4.76. The van der Waals surface area contributed by atoms with Gasteiger partial charge >= 0.3 is 5.69 Å². The summed E-state index contributed by atoms with van der Waals surface area (Å²) in [6.07, 6.45) is 1.17. The van der Waals surface area contributed by atoms with E-state index in [1.165, 1.54) is 4.57 Å². The number of hydrogen-bond donors (Lipinski definition) is 2. The Hall–Kier alpha value is -1.52. The molecule has 96 valence electrons. The fraction of sp³-hybridized carbons (Fsp3) is 0.667. The molecular formula is C12H20N2O3. The SMILES string of the molecule is CCc1c(O)n(C(C)CC(C)C)c(=O)[nH]c1=O. The molecule has 0 radical (unpaired) electrons. The zero-order chi connectivity index (χ0) is 13.2. The van der Waals surface area contributed by atoms with E-state index in [2.05, 4.69) is 4.98 Å². The van der Waals surface area contributed by atoms with Crippen molar-refractivity contribution in [1.29, 1.82) is 0 Å². The van der Waals surface area contributed by atoms with Crippen molar-refractivity contribution >= 4 is 0 Å². The highest BCUT2D eigenvalue weighted by Crippen LogP contribution is 2.21. The topological polar surface area (TPSA) is 75.1 Å². The summed E-state index contributed by atoms with van der Waals surface area (Å²) < 4.78 is 1.26. The molecule has 5 heteroatoms. The van der Waals surface area contributed by atoms with Crippen LogP contribution < -0.4 is 11.2 Å². The van der Waals surface area contributed by atoms with Crippen molar-refractivity contribution in [3.05, 3.63) is 26.4 Å². The lowest BCUT2D eigenvalue weighted by molar-refractivity contribution is 0.337. The quantitative estimate of drug-likeness (QED) is 0.835. The van der Waals surface area contributed by atoms with Crippen LogP contribution in [0.15, 0.2) is 9.59 Å². The van der Waals surface area contributed by atoms with Gasteiger partial charge < -0.3 is 5.11 Å². The molecule has 0 saturated carbocycles. The minimum Gasteiger partial charge on any atom is -0.494 e. The Morgan fingerprint density at radius 3 is 2.35 bits per heavy atom. The van der Waals surface area contributed by atoms with Gasteiger partial charge in [0.1, 0.15) is 0 Å². The third-order valence-corrected chi connectivity index (χ3v) is 2.82. The number of aromatic hydroxyl groups is 1. The van der Waals surface area contributed by atoms with E-state index in [1.807, 2.05) is 20.8 Å². The molecule has 2 N–H and O–H groups in total. The largest absolute Gasteiger partial charge is 0.494 e. The molecule has 0 saturated heterocycles. The zero-order valence-corrected chi connectivity index (χ0v) is 10.8. The van der Waals surface area contributed by atoms with Gasteiger partial charge in [-0.1, -0.05) is 20.8 Å². The summed E-state index contributed by atoms with van der Waals surface area (Å²) >= 11 is 0. The summed E-state index contributed by atoms with van der Waals surface area (Å²) in [5, 5.41) is 9.98. The highest BCUT2D eigenvalue weighted by Gasteiger charge is 2.17. The van der Waals surface area contributed by atoms with E-state index in [4.69, 9.17) is 0 Å². The van der Waals surface area contributed by atoms with Gasteiger partial charge in [-0.15, -0.1) is 0 Å². The molecule has 5 nitrogen and oxygen atoms in total. The number of aromatic nitrogens is 2. The average molecular weight is 240 g/mol. The van der Waals surface area contributed by atoms with Crippen LogP contribution in [0, 0.1) is 5.92 Å². The van der Waals surface area contributed by atoms with Crippen molar-refractivity contribution in [2.75, 3.05) is 0 Å². The highest BCUT2D eigenvalue weighted by atomic mass is 16.3. The summed E-state index contributed by atoms with van der Waals surface area (Å²) in [6, 6.07) is -0.135. The highest BCUT2D eigenvalue weighted by molar-refractivity contribution is 5.22. The smallest absolute Gasteiger partial charge is 0.331 e. The zero-order valence-electron chi connectivity index (χ0n) is 10.8. The molecule has 0 fully saturated rings. The Labute approximate surface area is 100 Å². The van der Waals surface area contributed by atoms with E-state index in [0.29, 0.717) is 12.3 Å². The first-order valence-electron chi connectivity index (χ1n) is 5.95. The van der Waals surface area contributed by atoms with E-state index in [0.717, 1.165) is 6.42 Å². The van der Waals surface area contributed by atoms with Crippen molar-refractivity contribution in [3.8, 4) is 5.88 Å². The third-order valence-electron chi connectivity index (χ3n) is 2.82. The lowest BCUT2D eigenvalue weighted by Gasteiger charge is -2.19. The Morgan fingerprint density at radius 1 is 1.29 bits per heavy atom. The summed E-state index contributed by atoms with van der Waals surface area (Å²) in [4.78, 5) is 25.4. The Balaban J connectivity index is 3.33. The standard InChI is InChI=1S/C12H20N2O3/c1-5-9-10(15)13-12(17)14(11(9)16)8(4)6-7(2)3/h7-8,16H,5-6H2,1-4H3,(H,13,15,17).